The molecule has 1 aromatic carbocycles. The predicted octanol–water partition coefficient (Wildman–Crippen LogP) is 3.02. The second kappa shape index (κ2) is 10.2. The van der Waals surface area contributed by atoms with Crippen LogP contribution in [-0.4, -0.2) is 54.3 Å². The fourth-order valence-corrected chi connectivity index (χ4v) is 3.71. The van der Waals surface area contributed by atoms with Crippen LogP contribution in [0.15, 0.2) is 18.5 Å². The highest BCUT2D eigenvalue weighted by molar-refractivity contribution is 6.34. The monoisotopic (exact) mass is 474 g/mol. The van der Waals surface area contributed by atoms with Crippen LogP contribution in [0.1, 0.15) is 25.7 Å². The molecule has 2 aromatic rings. The fraction of sp³-hybridized carbons (Fsp3) is 0.500. The van der Waals surface area contributed by atoms with E-state index in [1.807, 2.05) is 0 Å². The average molecular weight is 475 g/mol. The van der Waals surface area contributed by atoms with E-state index in [-0.39, 0.29) is 31.0 Å². The van der Waals surface area contributed by atoms with Crippen molar-refractivity contribution in [2.75, 3.05) is 20.2 Å². The SMILES string of the molecule is COc1cc2ncnc(Cl)c2cc1O[C@H]1CC[C@@H](C(=O)NCCNC(=O)C(F)(F)F)CC1. The minimum absolute atomic E-state index is 0.0752. The summed E-state index contributed by atoms with van der Waals surface area (Å²) in [6.45, 7) is -0.370. The van der Waals surface area contributed by atoms with Crippen LogP contribution < -0.4 is 20.1 Å². The maximum absolute atomic E-state index is 12.3. The number of benzene rings is 1. The van der Waals surface area contributed by atoms with Gasteiger partial charge in [0.1, 0.15) is 11.5 Å². The number of carbonyl (C=O) groups excluding carboxylic acids is 2. The average Bonchev–Trinajstić information content (AvgIpc) is 2.76. The normalized spacial score (nSPS) is 18.8. The van der Waals surface area contributed by atoms with Crippen LogP contribution in [0.4, 0.5) is 13.2 Å². The number of methoxy groups -OCH3 is 1. The van der Waals surface area contributed by atoms with Gasteiger partial charge in [0.05, 0.1) is 18.7 Å². The summed E-state index contributed by atoms with van der Waals surface area (Å²) in [5.41, 5.74) is 0.626. The van der Waals surface area contributed by atoms with Crippen molar-refractivity contribution in [1.82, 2.24) is 20.6 Å². The summed E-state index contributed by atoms with van der Waals surface area (Å²) in [5.74, 6) is -1.54. The smallest absolute Gasteiger partial charge is 0.471 e. The molecule has 32 heavy (non-hydrogen) atoms. The molecule has 1 heterocycles. The number of amides is 2. The van der Waals surface area contributed by atoms with Crippen LogP contribution in [0.3, 0.4) is 0 Å². The molecule has 0 saturated heterocycles. The Labute approximate surface area is 186 Å². The van der Waals surface area contributed by atoms with E-state index in [9.17, 15) is 22.8 Å². The van der Waals surface area contributed by atoms with Gasteiger partial charge in [-0.2, -0.15) is 13.2 Å². The molecule has 2 amide bonds. The molecular formula is C20H22ClF3N4O4. The molecular weight excluding hydrogens is 453 g/mol. The first-order valence-corrected chi connectivity index (χ1v) is 10.3. The van der Waals surface area contributed by atoms with Crippen LogP contribution >= 0.6 is 11.6 Å². The lowest BCUT2D eigenvalue weighted by Crippen LogP contribution is -2.42. The van der Waals surface area contributed by atoms with Gasteiger partial charge >= 0.3 is 12.1 Å². The van der Waals surface area contributed by atoms with Crippen molar-refractivity contribution in [3.63, 3.8) is 0 Å². The van der Waals surface area contributed by atoms with Crippen LogP contribution in [0.2, 0.25) is 5.15 Å². The van der Waals surface area contributed by atoms with E-state index in [0.717, 1.165) is 0 Å². The van der Waals surface area contributed by atoms with E-state index >= 15 is 0 Å². The van der Waals surface area contributed by atoms with Gasteiger partial charge in [-0.15, -0.1) is 0 Å². The number of nitrogens with one attached hydrogen (secondary N) is 2. The molecule has 0 spiro atoms. The zero-order chi connectivity index (χ0) is 23.3. The minimum atomic E-state index is -4.94. The molecule has 1 saturated carbocycles. The van der Waals surface area contributed by atoms with Gasteiger partial charge in [0, 0.05) is 30.5 Å². The first kappa shape index (κ1) is 23.8. The Bertz CT molecular complexity index is 981. The van der Waals surface area contributed by atoms with E-state index in [0.29, 0.717) is 53.2 Å². The molecule has 174 valence electrons. The molecule has 0 aliphatic heterocycles. The van der Waals surface area contributed by atoms with Crippen molar-refractivity contribution in [1.29, 1.82) is 0 Å². The molecule has 12 heteroatoms. The number of alkyl halides is 3. The third-order valence-electron chi connectivity index (χ3n) is 5.18. The molecule has 3 rings (SSSR count). The molecule has 1 fully saturated rings. The van der Waals surface area contributed by atoms with Gasteiger partial charge in [0.2, 0.25) is 5.91 Å². The third-order valence-corrected chi connectivity index (χ3v) is 5.48. The second-order valence-corrected chi connectivity index (χ2v) is 7.68. The number of fused-ring (bicyclic) bond motifs is 1. The summed E-state index contributed by atoms with van der Waals surface area (Å²) in [4.78, 5) is 31.1. The number of halogens is 4. The van der Waals surface area contributed by atoms with Gasteiger partial charge in [-0.05, 0) is 31.7 Å². The maximum Gasteiger partial charge on any atom is 0.471 e. The van der Waals surface area contributed by atoms with E-state index < -0.39 is 12.1 Å². The molecule has 1 aliphatic carbocycles. The predicted molar refractivity (Wildman–Crippen MR) is 110 cm³/mol. The van der Waals surface area contributed by atoms with Gasteiger partial charge < -0.3 is 20.1 Å². The quantitative estimate of drug-likeness (QED) is 0.472. The molecule has 0 bridgehead atoms. The lowest BCUT2D eigenvalue weighted by atomic mass is 9.86. The first-order chi connectivity index (χ1) is 15.2. The van der Waals surface area contributed by atoms with Gasteiger partial charge in [0.15, 0.2) is 11.5 Å². The van der Waals surface area contributed by atoms with Crippen LogP contribution in [-0.2, 0) is 9.59 Å². The number of aromatic nitrogens is 2. The highest BCUT2D eigenvalue weighted by Crippen LogP contribution is 2.36. The molecule has 8 nitrogen and oxygen atoms in total. The van der Waals surface area contributed by atoms with Crippen molar-refractivity contribution in [3.05, 3.63) is 23.6 Å². The summed E-state index contributed by atoms with van der Waals surface area (Å²) in [6.07, 6.45) is -1.36. The van der Waals surface area contributed by atoms with Gasteiger partial charge in [0.25, 0.3) is 0 Å². The van der Waals surface area contributed by atoms with Crippen LogP contribution in [0.5, 0.6) is 11.5 Å². The summed E-state index contributed by atoms with van der Waals surface area (Å²) in [7, 11) is 1.52. The molecule has 0 radical (unpaired) electrons. The Kier molecular flexibility index (Phi) is 7.60. The summed E-state index contributed by atoms with van der Waals surface area (Å²) >= 11 is 6.14. The molecule has 1 aromatic heterocycles. The van der Waals surface area contributed by atoms with Gasteiger partial charge in [-0.25, -0.2) is 9.97 Å². The highest BCUT2D eigenvalue weighted by Gasteiger charge is 2.38. The Morgan fingerprint density at radius 3 is 2.44 bits per heavy atom. The van der Waals surface area contributed by atoms with Crippen molar-refractivity contribution < 1.29 is 32.2 Å². The van der Waals surface area contributed by atoms with Crippen LogP contribution in [0, 0.1) is 5.92 Å². The second-order valence-electron chi connectivity index (χ2n) is 7.32. The molecule has 0 unspecified atom stereocenters. The van der Waals surface area contributed by atoms with Crippen molar-refractivity contribution >= 4 is 34.3 Å². The number of carbonyl (C=O) groups is 2. The van der Waals surface area contributed by atoms with E-state index in [2.05, 4.69) is 15.3 Å². The fourth-order valence-electron chi connectivity index (χ4n) is 3.51. The molecule has 1 aliphatic rings. The lowest BCUT2D eigenvalue weighted by Gasteiger charge is -2.29. The Balaban J connectivity index is 1.49. The zero-order valence-corrected chi connectivity index (χ0v) is 17.9. The summed E-state index contributed by atoms with van der Waals surface area (Å²) in [5, 5.41) is 5.21. The Morgan fingerprint density at radius 2 is 1.78 bits per heavy atom. The van der Waals surface area contributed by atoms with Crippen molar-refractivity contribution in [2.45, 2.75) is 38.0 Å². The number of hydrogen-bond acceptors (Lipinski definition) is 6. The van der Waals surface area contributed by atoms with E-state index in [4.69, 9.17) is 21.1 Å². The number of rotatable bonds is 7. The standard InChI is InChI=1S/C20H22ClF3N4O4/c1-31-15-9-14-13(17(21)28-10-27-14)8-16(15)32-12-4-2-11(3-5-12)18(29)25-6-7-26-19(30)20(22,23)24/h8-12H,2-7H2,1H3,(H,25,29)(H,26,30)/t11-,12+. The largest absolute Gasteiger partial charge is 0.493 e. The Hall–Kier alpha value is -2.82. The van der Waals surface area contributed by atoms with Gasteiger partial charge in [-0.1, -0.05) is 11.6 Å². The summed E-state index contributed by atoms with van der Waals surface area (Å²) in [6, 6.07) is 3.44. The van der Waals surface area contributed by atoms with E-state index in [1.54, 1.807) is 17.4 Å². The van der Waals surface area contributed by atoms with Gasteiger partial charge in [-0.3, -0.25) is 9.59 Å². The van der Waals surface area contributed by atoms with Crippen LogP contribution in [0.25, 0.3) is 10.9 Å². The highest BCUT2D eigenvalue weighted by atomic mass is 35.5. The van der Waals surface area contributed by atoms with E-state index in [1.165, 1.54) is 13.4 Å². The summed E-state index contributed by atoms with van der Waals surface area (Å²) < 4.78 is 47.9. The number of hydrogen-bond donors (Lipinski definition) is 2. The van der Waals surface area contributed by atoms with Crippen molar-refractivity contribution in [2.24, 2.45) is 5.92 Å². The minimum Gasteiger partial charge on any atom is -0.493 e. The third kappa shape index (κ3) is 5.90. The lowest BCUT2D eigenvalue weighted by molar-refractivity contribution is -0.173. The maximum atomic E-state index is 12.3. The number of nitrogens with zero attached hydrogens (tertiary/aromatic N) is 2. The molecule has 0 atom stereocenters. The molecule has 2 N–H and O–H groups in total. The number of ether oxygens (including phenoxy) is 2. The van der Waals surface area contributed by atoms with Crippen molar-refractivity contribution in [3.8, 4) is 11.5 Å². The first-order valence-electron chi connectivity index (χ1n) is 9.96. The topological polar surface area (TPSA) is 102 Å². The zero-order valence-electron chi connectivity index (χ0n) is 17.2. The Morgan fingerprint density at radius 1 is 1.09 bits per heavy atom.